The highest BCUT2D eigenvalue weighted by molar-refractivity contribution is 7.89. The van der Waals surface area contributed by atoms with Gasteiger partial charge in [0.2, 0.25) is 21.8 Å². The van der Waals surface area contributed by atoms with Crippen LogP contribution in [0.25, 0.3) is 0 Å². The number of carbonyl (C=O) groups is 2. The molecule has 0 spiro atoms. The maximum Gasteiger partial charge on any atom is 0.240 e. The van der Waals surface area contributed by atoms with E-state index in [0.717, 1.165) is 10.5 Å². The van der Waals surface area contributed by atoms with Gasteiger partial charge in [0.05, 0.1) is 17.7 Å². The fourth-order valence-electron chi connectivity index (χ4n) is 2.92. The number of halogens is 1. The van der Waals surface area contributed by atoms with Crippen molar-refractivity contribution in [3.63, 3.8) is 0 Å². The lowest BCUT2D eigenvalue weighted by Crippen LogP contribution is -2.30. The normalized spacial score (nSPS) is 14.6. The number of hydrogen-bond donors (Lipinski definition) is 1. The maximum atomic E-state index is 12.6. The number of rotatable bonds is 7. The Labute approximate surface area is 168 Å². The summed E-state index contributed by atoms with van der Waals surface area (Å²) in [5.41, 5.74) is 1.08. The highest BCUT2D eigenvalue weighted by Gasteiger charge is 2.33. The molecule has 1 saturated heterocycles. The van der Waals surface area contributed by atoms with E-state index in [4.69, 9.17) is 16.3 Å². The molecule has 0 aromatic heterocycles. The molecule has 1 aliphatic rings. The second-order valence-corrected chi connectivity index (χ2v) is 8.43. The SMILES string of the molecule is COc1ccc(S(=O)(=O)NCCc2ccc(Cl)cc2)cc1N1C(=O)CCC1=O. The summed E-state index contributed by atoms with van der Waals surface area (Å²) >= 11 is 5.84. The van der Waals surface area contributed by atoms with Crippen molar-refractivity contribution in [1.29, 1.82) is 0 Å². The fourth-order valence-corrected chi connectivity index (χ4v) is 4.10. The summed E-state index contributed by atoms with van der Waals surface area (Å²) in [5, 5.41) is 0.612. The van der Waals surface area contributed by atoms with Crippen molar-refractivity contribution in [1.82, 2.24) is 4.72 Å². The summed E-state index contributed by atoms with van der Waals surface area (Å²) in [6, 6.07) is 11.2. The van der Waals surface area contributed by atoms with Gasteiger partial charge in [-0.3, -0.25) is 9.59 Å². The van der Waals surface area contributed by atoms with Crippen LogP contribution in [-0.2, 0) is 26.0 Å². The zero-order valence-electron chi connectivity index (χ0n) is 15.1. The summed E-state index contributed by atoms with van der Waals surface area (Å²) in [4.78, 5) is 25.0. The second-order valence-electron chi connectivity index (χ2n) is 6.23. The van der Waals surface area contributed by atoms with Gasteiger partial charge in [0.15, 0.2) is 0 Å². The average Bonchev–Trinajstić information content (AvgIpc) is 3.01. The number of nitrogens with zero attached hydrogens (tertiary/aromatic N) is 1. The van der Waals surface area contributed by atoms with Gasteiger partial charge in [0.25, 0.3) is 0 Å². The Bertz CT molecular complexity index is 989. The van der Waals surface area contributed by atoms with Gasteiger partial charge in [-0.15, -0.1) is 0 Å². The van der Waals surface area contributed by atoms with Crippen LogP contribution in [0.3, 0.4) is 0 Å². The van der Waals surface area contributed by atoms with Crippen LogP contribution < -0.4 is 14.4 Å². The third kappa shape index (κ3) is 4.35. The molecule has 2 aromatic rings. The molecule has 3 rings (SSSR count). The molecule has 1 heterocycles. The molecule has 0 atom stereocenters. The highest BCUT2D eigenvalue weighted by Crippen LogP contribution is 2.34. The van der Waals surface area contributed by atoms with Gasteiger partial charge in [0, 0.05) is 24.4 Å². The van der Waals surface area contributed by atoms with Gasteiger partial charge < -0.3 is 4.74 Å². The Hall–Kier alpha value is -2.42. The fraction of sp³-hybridized carbons (Fsp3) is 0.263. The summed E-state index contributed by atoms with van der Waals surface area (Å²) in [6.45, 7) is 0.187. The topological polar surface area (TPSA) is 92.8 Å². The third-order valence-electron chi connectivity index (χ3n) is 4.37. The van der Waals surface area contributed by atoms with Crippen molar-refractivity contribution in [3.05, 3.63) is 53.1 Å². The van der Waals surface area contributed by atoms with Gasteiger partial charge in [-0.25, -0.2) is 18.0 Å². The van der Waals surface area contributed by atoms with E-state index < -0.39 is 10.0 Å². The smallest absolute Gasteiger partial charge is 0.240 e. The number of hydrogen-bond acceptors (Lipinski definition) is 5. The molecule has 1 aliphatic heterocycles. The molecule has 1 fully saturated rings. The van der Waals surface area contributed by atoms with Crippen molar-refractivity contribution in [2.45, 2.75) is 24.2 Å². The quantitative estimate of drug-likeness (QED) is 0.692. The molecule has 1 N–H and O–H groups in total. The first-order chi connectivity index (χ1) is 13.3. The van der Waals surface area contributed by atoms with Crippen molar-refractivity contribution in [3.8, 4) is 5.75 Å². The van der Waals surface area contributed by atoms with Crippen LogP contribution in [0.1, 0.15) is 18.4 Å². The van der Waals surface area contributed by atoms with Crippen LogP contribution in [0.15, 0.2) is 47.4 Å². The van der Waals surface area contributed by atoms with Crippen LogP contribution in [0.5, 0.6) is 5.75 Å². The molecule has 2 amide bonds. The van der Waals surface area contributed by atoms with E-state index in [2.05, 4.69) is 4.72 Å². The maximum absolute atomic E-state index is 12.6. The van der Waals surface area contributed by atoms with Crippen LogP contribution in [-0.4, -0.2) is 33.9 Å². The molecule has 7 nitrogen and oxygen atoms in total. The average molecular weight is 423 g/mol. The van der Waals surface area contributed by atoms with Crippen LogP contribution >= 0.6 is 11.6 Å². The predicted octanol–water partition coefficient (Wildman–Crippen LogP) is 2.52. The van der Waals surface area contributed by atoms with E-state index in [1.165, 1.54) is 25.3 Å². The van der Waals surface area contributed by atoms with Gasteiger partial charge >= 0.3 is 0 Å². The van der Waals surface area contributed by atoms with E-state index in [1.54, 1.807) is 12.1 Å². The number of nitrogens with one attached hydrogen (secondary N) is 1. The standard InChI is InChI=1S/C19H19ClN2O5S/c1-27-17-7-6-15(12-16(17)22-18(23)8-9-19(22)24)28(25,26)21-11-10-13-2-4-14(20)5-3-13/h2-7,12,21H,8-11H2,1H3. The summed E-state index contributed by atoms with van der Waals surface area (Å²) in [7, 11) is -2.44. The van der Waals surface area contributed by atoms with E-state index >= 15 is 0 Å². The number of ether oxygens (including phenoxy) is 1. The van der Waals surface area contributed by atoms with E-state index in [0.29, 0.717) is 11.4 Å². The van der Waals surface area contributed by atoms with E-state index in [9.17, 15) is 18.0 Å². The van der Waals surface area contributed by atoms with Gasteiger partial charge in [-0.1, -0.05) is 23.7 Å². The second kappa shape index (κ2) is 8.30. The molecule has 0 saturated carbocycles. The van der Waals surface area contributed by atoms with Crippen molar-refractivity contribution >= 4 is 39.1 Å². The molecular formula is C19H19ClN2O5S. The molecule has 0 bridgehead atoms. The predicted molar refractivity (Wildman–Crippen MR) is 105 cm³/mol. The lowest BCUT2D eigenvalue weighted by Gasteiger charge is -2.18. The summed E-state index contributed by atoms with van der Waals surface area (Å²) < 4.78 is 33.0. The molecule has 2 aromatic carbocycles. The van der Waals surface area contributed by atoms with Gasteiger partial charge in [0.1, 0.15) is 5.75 Å². The lowest BCUT2D eigenvalue weighted by atomic mass is 10.2. The zero-order valence-corrected chi connectivity index (χ0v) is 16.7. The minimum atomic E-state index is -3.83. The molecular weight excluding hydrogens is 404 g/mol. The minimum absolute atomic E-state index is 0.0492. The Morgan fingerprint density at radius 2 is 1.71 bits per heavy atom. The summed E-state index contributed by atoms with van der Waals surface area (Å²) in [5.74, 6) is -0.509. The number of sulfonamides is 1. The molecule has 28 heavy (non-hydrogen) atoms. The van der Waals surface area contributed by atoms with Crippen LogP contribution in [0, 0.1) is 0 Å². The number of imide groups is 1. The molecule has 9 heteroatoms. The molecule has 0 radical (unpaired) electrons. The first-order valence-electron chi connectivity index (χ1n) is 8.60. The van der Waals surface area contributed by atoms with Crippen molar-refractivity contribution in [2.75, 3.05) is 18.6 Å². The molecule has 0 aliphatic carbocycles. The van der Waals surface area contributed by atoms with Gasteiger partial charge in [-0.2, -0.15) is 0 Å². The summed E-state index contributed by atoms with van der Waals surface area (Å²) in [6.07, 6.45) is 0.680. The number of benzene rings is 2. The van der Waals surface area contributed by atoms with Gasteiger partial charge in [-0.05, 0) is 42.3 Å². The van der Waals surface area contributed by atoms with E-state index in [1.807, 2.05) is 12.1 Å². The zero-order chi connectivity index (χ0) is 20.3. The first kappa shape index (κ1) is 20.3. The Balaban J connectivity index is 1.79. The number of methoxy groups -OCH3 is 1. The Morgan fingerprint density at radius 1 is 1.07 bits per heavy atom. The molecule has 0 unspecified atom stereocenters. The van der Waals surface area contributed by atoms with E-state index in [-0.39, 0.29) is 47.5 Å². The number of anilines is 1. The van der Waals surface area contributed by atoms with Crippen LogP contribution in [0.4, 0.5) is 5.69 Å². The molecule has 148 valence electrons. The largest absolute Gasteiger partial charge is 0.495 e. The number of amides is 2. The number of carbonyl (C=O) groups excluding carboxylic acids is 2. The minimum Gasteiger partial charge on any atom is -0.495 e. The van der Waals surface area contributed by atoms with Crippen molar-refractivity contribution < 1.29 is 22.7 Å². The Kier molecular flexibility index (Phi) is 6.02. The Morgan fingerprint density at radius 3 is 2.32 bits per heavy atom. The van der Waals surface area contributed by atoms with Crippen molar-refractivity contribution in [2.24, 2.45) is 0 Å². The van der Waals surface area contributed by atoms with Crippen LogP contribution in [0.2, 0.25) is 5.02 Å². The monoisotopic (exact) mass is 422 g/mol. The lowest BCUT2D eigenvalue weighted by molar-refractivity contribution is -0.121. The third-order valence-corrected chi connectivity index (χ3v) is 6.08. The highest BCUT2D eigenvalue weighted by atomic mass is 35.5. The first-order valence-corrected chi connectivity index (χ1v) is 10.5.